The van der Waals surface area contributed by atoms with Crippen molar-refractivity contribution in [2.75, 3.05) is 12.3 Å². The Labute approximate surface area is 164 Å². The molecule has 0 bridgehead atoms. The van der Waals surface area contributed by atoms with Crippen LogP contribution in [-0.4, -0.2) is 40.5 Å². The van der Waals surface area contributed by atoms with Crippen molar-refractivity contribution in [3.8, 4) is 0 Å². The number of aliphatic hydroxyl groups is 1. The molecule has 0 aromatic heterocycles. The van der Waals surface area contributed by atoms with Gasteiger partial charge < -0.3 is 5.11 Å². The maximum Gasteiger partial charge on any atom is 0.0761 e. The molecule has 1 unspecified atom stereocenters. The first-order valence-corrected chi connectivity index (χ1v) is 10.9. The summed E-state index contributed by atoms with van der Waals surface area (Å²) in [6.45, 7) is 0.870. The van der Waals surface area contributed by atoms with Crippen LogP contribution in [0.5, 0.6) is 0 Å². The summed E-state index contributed by atoms with van der Waals surface area (Å²) in [4.78, 5) is 3.98. The van der Waals surface area contributed by atoms with Gasteiger partial charge in [-0.25, -0.2) is 0 Å². The van der Waals surface area contributed by atoms with Gasteiger partial charge in [-0.1, -0.05) is 56.7 Å². The highest BCUT2D eigenvalue weighted by atomic mass is 35.5. The third-order valence-electron chi connectivity index (χ3n) is 5.69. The number of benzene rings is 1. The molecule has 2 aliphatic carbocycles. The topological polar surface area (TPSA) is 23.5 Å². The van der Waals surface area contributed by atoms with Crippen molar-refractivity contribution in [2.24, 2.45) is 0 Å². The minimum Gasteiger partial charge on any atom is -0.391 e. The second-order valence-corrected chi connectivity index (χ2v) is 8.65. The molecule has 0 amide bonds. The molecule has 2 saturated carbocycles. The molecule has 4 heteroatoms. The lowest BCUT2D eigenvalue weighted by Gasteiger charge is -2.42. The van der Waals surface area contributed by atoms with E-state index in [2.05, 4.69) is 29.2 Å². The minimum atomic E-state index is -0.223. The predicted octanol–water partition coefficient (Wildman–Crippen LogP) is 5.53. The molecule has 0 radical (unpaired) electrons. The van der Waals surface area contributed by atoms with Crippen molar-refractivity contribution in [2.45, 2.75) is 87.3 Å². The molecule has 1 aromatic carbocycles. The number of rotatable bonds is 7. The van der Waals surface area contributed by atoms with Gasteiger partial charge in [-0.05, 0) is 37.8 Å². The van der Waals surface area contributed by atoms with Gasteiger partial charge in [0, 0.05) is 29.3 Å². The van der Waals surface area contributed by atoms with Crippen LogP contribution in [0, 0.1) is 0 Å². The molecular weight excluding hydrogens is 350 g/mol. The summed E-state index contributed by atoms with van der Waals surface area (Å²) in [5.41, 5.74) is 0. The van der Waals surface area contributed by atoms with Gasteiger partial charge in [-0.2, -0.15) is 0 Å². The summed E-state index contributed by atoms with van der Waals surface area (Å²) in [5.74, 6) is 0.806. The van der Waals surface area contributed by atoms with Gasteiger partial charge in [-0.3, -0.25) is 4.90 Å². The smallest absolute Gasteiger partial charge is 0.0761 e. The summed E-state index contributed by atoms with van der Waals surface area (Å²) in [6, 6.07) is 11.9. The maximum atomic E-state index is 10.7. The molecule has 25 heavy (non-hydrogen) atoms. The summed E-state index contributed by atoms with van der Waals surface area (Å²) >= 11 is 1.79. The molecular formula is C21H34ClNOS. The highest BCUT2D eigenvalue weighted by Gasteiger charge is 2.30. The molecule has 1 aromatic rings. The van der Waals surface area contributed by atoms with Gasteiger partial charge in [0.1, 0.15) is 0 Å². The van der Waals surface area contributed by atoms with E-state index in [1.807, 2.05) is 6.07 Å². The molecule has 0 spiro atoms. The van der Waals surface area contributed by atoms with Crippen LogP contribution in [0.1, 0.15) is 64.2 Å². The van der Waals surface area contributed by atoms with Gasteiger partial charge in [0.25, 0.3) is 0 Å². The largest absolute Gasteiger partial charge is 0.391 e. The van der Waals surface area contributed by atoms with Crippen molar-refractivity contribution in [3.63, 3.8) is 0 Å². The van der Waals surface area contributed by atoms with Crippen molar-refractivity contribution >= 4 is 24.2 Å². The van der Waals surface area contributed by atoms with Gasteiger partial charge in [-0.15, -0.1) is 24.2 Å². The number of hydrogen-bond acceptors (Lipinski definition) is 3. The lowest BCUT2D eigenvalue weighted by atomic mass is 9.88. The quantitative estimate of drug-likeness (QED) is 0.626. The summed E-state index contributed by atoms with van der Waals surface area (Å²) < 4.78 is 0. The summed E-state index contributed by atoms with van der Waals surface area (Å²) in [5, 5.41) is 10.7. The van der Waals surface area contributed by atoms with E-state index in [1.165, 1.54) is 69.1 Å². The standard InChI is InChI=1S/C21H33NOS.ClH/c23-20(17-24-21-14-8-3-9-15-21)16-22(18-10-4-1-5-11-18)19-12-6-2-7-13-19;/h3,8-9,14-15,18-20,23H,1-2,4-7,10-13,16-17H2;1H. The van der Waals surface area contributed by atoms with Gasteiger partial charge in [0.2, 0.25) is 0 Å². The van der Waals surface area contributed by atoms with E-state index in [-0.39, 0.29) is 18.5 Å². The van der Waals surface area contributed by atoms with E-state index >= 15 is 0 Å². The van der Waals surface area contributed by atoms with Crippen LogP contribution < -0.4 is 0 Å². The second-order valence-electron chi connectivity index (χ2n) is 7.56. The van der Waals surface area contributed by atoms with Crippen LogP contribution in [0.15, 0.2) is 35.2 Å². The van der Waals surface area contributed by atoms with Gasteiger partial charge in [0.15, 0.2) is 0 Å². The van der Waals surface area contributed by atoms with E-state index in [0.29, 0.717) is 0 Å². The Hall–Kier alpha value is -0.220. The number of halogens is 1. The third kappa shape index (κ3) is 6.78. The van der Waals surface area contributed by atoms with Crippen molar-refractivity contribution < 1.29 is 5.11 Å². The van der Waals surface area contributed by atoms with Crippen LogP contribution in [0.3, 0.4) is 0 Å². The Bertz CT molecular complexity index is 442. The summed E-state index contributed by atoms with van der Waals surface area (Å²) in [7, 11) is 0. The molecule has 0 saturated heterocycles. The molecule has 0 aliphatic heterocycles. The molecule has 2 nitrogen and oxygen atoms in total. The molecule has 1 N–H and O–H groups in total. The average molecular weight is 384 g/mol. The lowest BCUT2D eigenvalue weighted by Crippen LogP contribution is -2.48. The van der Waals surface area contributed by atoms with Crippen LogP contribution in [-0.2, 0) is 0 Å². The Balaban J connectivity index is 0.00000225. The number of hydrogen-bond donors (Lipinski definition) is 1. The third-order valence-corrected chi connectivity index (χ3v) is 6.85. The first kappa shape index (κ1) is 21.1. The number of nitrogens with zero attached hydrogens (tertiary/aromatic N) is 1. The van der Waals surface area contributed by atoms with Crippen LogP contribution in [0.4, 0.5) is 0 Å². The molecule has 3 rings (SSSR count). The summed E-state index contributed by atoms with van der Waals surface area (Å²) in [6.07, 6.45) is 13.5. The normalized spacial score (nSPS) is 21.0. The van der Waals surface area contributed by atoms with E-state index in [4.69, 9.17) is 0 Å². The monoisotopic (exact) mass is 383 g/mol. The first-order valence-electron chi connectivity index (χ1n) is 9.94. The zero-order valence-electron chi connectivity index (χ0n) is 15.3. The molecule has 1 atom stereocenters. The zero-order chi connectivity index (χ0) is 16.6. The van der Waals surface area contributed by atoms with Crippen molar-refractivity contribution in [1.82, 2.24) is 4.90 Å². The lowest BCUT2D eigenvalue weighted by molar-refractivity contribution is 0.0370. The zero-order valence-corrected chi connectivity index (χ0v) is 16.9. The van der Waals surface area contributed by atoms with Crippen LogP contribution in [0.25, 0.3) is 0 Å². The predicted molar refractivity (Wildman–Crippen MR) is 111 cm³/mol. The SMILES string of the molecule is Cl.OC(CSc1ccccc1)CN(C1CCCCC1)C1CCCCC1. The highest BCUT2D eigenvalue weighted by Crippen LogP contribution is 2.30. The Morgan fingerprint density at radius 1 is 0.880 bits per heavy atom. The Morgan fingerprint density at radius 3 is 1.92 bits per heavy atom. The Morgan fingerprint density at radius 2 is 1.40 bits per heavy atom. The van der Waals surface area contributed by atoms with Crippen molar-refractivity contribution in [1.29, 1.82) is 0 Å². The van der Waals surface area contributed by atoms with Crippen molar-refractivity contribution in [3.05, 3.63) is 30.3 Å². The number of thioether (sulfide) groups is 1. The molecule has 0 heterocycles. The first-order chi connectivity index (χ1) is 11.8. The fourth-order valence-electron chi connectivity index (χ4n) is 4.43. The molecule has 142 valence electrons. The van der Waals surface area contributed by atoms with Gasteiger partial charge >= 0.3 is 0 Å². The van der Waals surface area contributed by atoms with E-state index in [1.54, 1.807) is 11.8 Å². The van der Waals surface area contributed by atoms with E-state index in [0.717, 1.165) is 24.4 Å². The van der Waals surface area contributed by atoms with Crippen LogP contribution >= 0.6 is 24.2 Å². The van der Waals surface area contributed by atoms with E-state index < -0.39 is 0 Å². The Kier molecular flexibility index (Phi) is 9.69. The average Bonchev–Trinajstić information content (AvgIpc) is 2.67. The fraction of sp³-hybridized carbons (Fsp3) is 0.714. The highest BCUT2D eigenvalue weighted by molar-refractivity contribution is 7.99. The molecule has 2 aliphatic rings. The number of aliphatic hydroxyl groups excluding tert-OH is 1. The second kappa shape index (κ2) is 11.5. The van der Waals surface area contributed by atoms with Gasteiger partial charge in [0.05, 0.1) is 6.10 Å². The van der Waals surface area contributed by atoms with E-state index in [9.17, 15) is 5.11 Å². The molecule has 2 fully saturated rings. The maximum absolute atomic E-state index is 10.7. The fourth-order valence-corrected chi connectivity index (χ4v) is 5.27. The minimum absolute atomic E-state index is 0. The van der Waals surface area contributed by atoms with Crippen LogP contribution in [0.2, 0.25) is 0 Å².